The Kier molecular flexibility index (Phi) is 2.86. The summed E-state index contributed by atoms with van der Waals surface area (Å²) in [4.78, 5) is 4.48. The molecule has 0 unspecified atom stereocenters. The van der Waals surface area contributed by atoms with E-state index in [2.05, 4.69) is 43.5 Å². The minimum Gasteiger partial charge on any atom is -0.491 e. The van der Waals surface area contributed by atoms with Crippen LogP contribution < -0.4 is 4.74 Å². The molecule has 0 N–H and O–H groups in total. The molecule has 0 saturated heterocycles. The van der Waals surface area contributed by atoms with Crippen molar-refractivity contribution in [2.45, 2.75) is 6.54 Å². The zero-order valence-electron chi connectivity index (χ0n) is 8.58. The molecule has 0 saturated carbocycles. The molecule has 0 spiro atoms. The van der Waals surface area contributed by atoms with Gasteiger partial charge in [0.05, 0.1) is 12.1 Å². The molecule has 17 heavy (non-hydrogen) atoms. The summed E-state index contributed by atoms with van der Waals surface area (Å²) in [5.74, 6) is 1.07. The summed E-state index contributed by atoms with van der Waals surface area (Å²) in [7, 11) is 0. The summed E-state index contributed by atoms with van der Waals surface area (Å²) < 4.78 is 22.6. The Balaban J connectivity index is 2.27. The van der Waals surface area contributed by atoms with Gasteiger partial charge in [0, 0.05) is 6.07 Å². The van der Waals surface area contributed by atoms with Gasteiger partial charge in [0.1, 0.15) is 32.3 Å². The molecule has 1 aliphatic rings. The van der Waals surface area contributed by atoms with Crippen molar-refractivity contribution in [3.05, 3.63) is 32.3 Å². The summed E-state index contributed by atoms with van der Waals surface area (Å²) in [5, 5.41) is 0. The lowest BCUT2D eigenvalue weighted by atomic mass is 10.2. The van der Waals surface area contributed by atoms with Gasteiger partial charge in [-0.05, 0) is 50.7 Å². The fraction of sp³-hybridized carbons (Fsp3) is 0.182. The molecule has 88 valence electrons. The van der Waals surface area contributed by atoms with Gasteiger partial charge < -0.3 is 9.30 Å². The third-order valence-electron chi connectivity index (χ3n) is 2.62. The number of ether oxygens (including phenoxy) is 1. The summed E-state index contributed by atoms with van der Waals surface area (Å²) in [6.45, 7) is 1.21. The third kappa shape index (κ3) is 1.87. The summed E-state index contributed by atoms with van der Waals surface area (Å²) in [6.07, 6.45) is 0. The number of hydrogen-bond acceptors (Lipinski definition) is 2. The van der Waals surface area contributed by atoms with E-state index in [9.17, 15) is 4.39 Å². The zero-order valence-corrected chi connectivity index (χ0v) is 12.3. The van der Waals surface area contributed by atoms with Crippen molar-refractivity contribution in [3.63, 3.8) is 0 Å². The first kappa shape index (κ1) is 11.5. The molecular formula is C11H7BrFIN2O. The number of benzene rings is 1. The molecule has 1 aliphatic heterocycles. The van der Waals surface area contributed by atoms with Crippen molar-refractivity contribution in [3.8, 4) is 17.1 Å². The Morgan fingerprint density at radius 1 is 1.47 bits per heavy atom. The Labute approximate surface area is 119 Å². The van der Waals surface area contributed by atoms with E-state index in [1.807, 2.05) is 4.57 Å². The number of halogens is 3. The number of aromatic nitrogens is 2. The topological polar surface area (TPSA) is 27.1 Å². The van der Waals surface area contributed by atoms with Gasteiger partial charge in [0.2, 0.25) is 0 Å². The van der Waals surface area contributed by atoms with Crippen molar-refractivity contribution in [2.24, 2.45) is 0 Å². The van der Waals surface area contributed by atoms with Crippen LogP contribution in [0.3, 0.4) is 0 Å². The lowest BCUT2D eigenvalue weighted by Crippen LogP contribution is -2.05. The second kappa shape index (κ2) is 4.24. The van der Waals surface area contributed by atoms with Crippen LogP contribution in [0.15, 0.2) is 22.8 Å². The molecule has 0 bridgehead atoms. The summed E-state index contributed by atoms with van der Waals surface area (Å²) >= 11 is 5.67. The first-order valence-electron chi connectivity index (χ1n) is 5.01. The maximum atomic E-state index is 13.2. The Hall–Kier alpha value is -0.630. The van der Waals surface area contributed by atoms with Crippen LogP contribution in [0.25, 0.3) is 11.4 Å². The molecule has 0 aliphatic carbocycles. The molecule has 2 aromatic rings. The average molecular weight is 409 g/mol. The van der Waals surface area contributed by atoms with Crippen LogP contribution in [0.1, 0.15) is 0 Å². The van der Waals surface area contributed by atoms with Crippen LogP contribution in [-0.4, -0.2) is 16.2 Å². The predicted octanol–water partition coefficient (Wildman–Crippen LogP) is 3.45. The van der Waals surface area contributed by atoms with E-state index in [0.717, 1.165) is 19.7 Å². The van der Waals surface area contributed by atoms with Gasteiger partial charge in [0.15, 0.2) is 0 Å². The van der Waals surface area contributed by atoms with E-state index in [-0.39, 0.29) is 5.82 Å². The largest absolute Gasteiger partial charge is 0.491 e. The van der Waals surface area contributed by atoms with Crippen molar-refractivity contribution in [2.75, 3.05) is 6.61 Å². The Bertz CT molecular complexity index is 599. The molecule has 3 rings (SSSR count). The van der Waals surface area contributed by atoms with E-state index in [1.165, 1.54) is 12.1 Å². The van der Waals surface area contributed by atoms with Gasteiger partial charge in [-0.25, -0.2) is 9.37 Å². The molecule has 0 radical (unpaired) electrons. The minimum absolute atomic E-state index is 0.294. The zero-order chi connectivity index (χ0) is 12.0. The van der Waals surface area contributed by atoms with E-state index < -0.39 is 0 Å². The van der Waals surface area contributed by atoms with Crippen LogP contribution in [0.2, 0.25) is 0 Å². The fourth-order valence-electron chi connectivity index (χ4n) is 1.86. The molecular weight excluding hydrogens is 402 g/mol. The van der Waals surface area contributed by atoms with Crippen molar-refractivity contribution in [1.82, 2.24) is 9.55 Å². The second-order valence-corrected chi connectivity index (χ2v) is 5.43. The van der Waals surface area contributed by atoms with Gasteiger partial charge in [-0.2, -0.15) is 0 Å². The van der Waals surface area contributed by atoms with Crippen LogP contribution >= 0.6 is 38.5 Å². The van der Waals surface area contributed by atoms with E-state index >= 15 is 0 Å². The highest BCUT2D eigenvalue weighted by atomic mass is 127. The monoisotopic (exact) mass is 408 g/mol. The summed E-state index contributed by atoms with van der Waals surface area (Å²) in [6, 6.07) is 4.53. The SMILES string of the molecule is Fc1ccc2c(c1)OCCn1c-2nc(I)c1Br. The fourth-order valence-corrected chi connectivity index (χ4v) is 2.81. The van der Waals surface area contributed by atoms with E-state index in [0.29, 0.717) is 18.9 Å². The Morgan fingerprint density at radius 2 is 2.29 bits per heavy atom. The molecule has 0 atom stereocenters. The van der Waals surface area contributed by atoms with Gasteiger partial charge in [0.25, 0.3) is 0 Å². The van der Waals surface area contributed by atoms with Crippen molar-refractivity contribution < 1.29 is 9.13 Å². The van der Waals surface area contributed by atoms with Crippen LogP contribution in [0.4, 0.5) is 4.39 Å². The lowest BCUT2D eigenvalue weighted by molar-refractivity contribution is 0.304. The molecule has 1 aromatic carbocycles. The van der Waals surface area contributed by atoms with Gasteiger partial charge >= 0.3 is 0 Å². The standard InChI is InChI=1S/C11H7BrFIN2O/c12-9-10(14)15-11-7-2-1-6(13)5-8(7)17-4-3-16(9)11/h1-2,5H,3-4H2. The molecule has 1 aromatic heterocycles. The highest BCUT2D eigenvalue weighted by Gasteiger charge is 2.21. The highest BCUT2D eigenvalue weighted by molar-refractivity contribution is 14.1. The predicted molar refractivity (Wildman–Crippen MR) is 73.5 cm³/mol. The number of imidazole rings is 1. The summed E-state index contributed by atoms with van der Waals surface area (Å²) in [5.41, 5.74) is 0.826. The van der Waals surface area contributed by atoms with Gasteiger partial charge in [-0.3, -0.25) is 0 Å². The van der Waals surface area contributed by atoms with Crippen LogP contribution in [0, 0.1) is 9.52 Å². The molecule has 0 amide bonds. The van der Waals surface area contributed by atoms with Crippen LogP contribution in [0.5, 0.6) is 5.75 Å². The minimum atomic E-state index is -0.294. The second-order valence-electron chi connectivity index (χ2n) is 3.66. The maximum absolute atomic E-state index is 13.2. The normalized spacial score (nSPS) is 13.6. The lowest BCUT2D eigenvalue weighted by Gasteiger charge is -2.05. The van der Waals surface area contributed by atoms with E-state index in [1.54, 1.807) is 6.07 Å². The molecule has 3 nitrogen and oxygen atoms in total. The Morgan fingerprint density at radius 3 is 3.12 bits per heavy atom. The molecule has 2 heterocycles. The van der Waals surface area contributed by atoms with Gasteiger partial charge in [-0.1, -0.05) is 0 Å². The number of rotatable bonds is 0. The first-order valence-corrected chi connectivity index (χ1v) is 6.88. The van der Waals surface area contributed by atoms with E-state index in [4.69, 9.17) is 4.74 Å². The highest BCUT2D eigenvalue weighted by Crippen LogP contribution is 2.35. The first-order chi connectivity index (χ1) is 8.16. The van der Waals surface area contributed by atoms with Crippen molar-refractivity contribution >= 4 is 38.5 Å². The average Bonchev–Trinajstić information content (AvgIpc) is 2.49. The van der Waals surface area contributed by atoms with Crippen molar-refractivity contribution in [1.29, 1.82) is 0 Å². The quantitative estimate of drug-likeness (QED) is 0.624. The molecule has 0 fully saturated rings. The third-order valence-corrected chi connectivity index (χ3v) is 4.92. The number of nitrogens with zero attached hydrogens (tertiary/aromatic N) is 2. The smallest absolute Gasteiger partial charge is 0.145 e. The van der Waals surface area contributed by atoms with Gasteiger partial charge in [-0.15, -0.1) is 0 Å². The number of hydrogen-bond donors (Lipinski definition) is 0. The number of fused-ring (bicyclic) bond motifs is 3. The molecule has 6 heteroatoms. The maximum Gasteiger partial charge on any atom is 0.145 e. The van der Waals surface area contributed by atoms with Crippen LogP contribution in [-0.2, 0) is 6.54 Å².